The lowest BCUT2D eigenvalue weighted by Crippen LogP contribution is -2.25. The van der Waals surface area contributed by atoms with Crippen molar-refractivity contribution in [3.05, 3.63) is 29.8 Å². The van der Waals surface area contributed by atoms with Crippen LogP contribution in [0.5, 0.6) is 5.75 Å². The highest BCUT2D eigenvalue weighted by Crippen LogP contribution is 2.13. The lowest BCUT2D eigenvalue weighted by molar-refractivity contribution is -0.121. The normalized spacial score (nSPS) is 10.1. The van der Waals surface area contributed by atoms with Crippen molar-refractivity contribution < 1.29 is 9.53 Å². The molecule has 5 heteroatoms. The van der Waals surface area contributed by atoms with Gasteiger partial charge in [0.15, 0.2) is 0 Å². The summed E-state index contributed by atoms with van der Waals surface area (Å²) in [6.07, 6.45) is 2.09. The third-order valence-electron chi connectivity index (χ3n) is 2.85. The molecule has 0 fully saturated rings. The highest BCUT2D eigenvalue weighted by Gasteiger charge is 2.01. The smallest absolute Gasteiger partial charge is 0.220 e. The van der Waals surface area contributed by atoms with Crippen LogP contribution in [0.25, 0.3) is 0 Å². The second kappa shape index (κ2) is 11.4. The van der Waals surface area contributed by atoms with Gasteiger partial charge in [-0.15, -0.1) is 12.4 Å². The van der Waals surface area contributed by atoms with Gasteiger partial charge >= 0.3 is 0 Å². The molecular weight excluding hydrogens is 288 g/mol. The van der Waals surface area contributed by atoms with Crippen molar-refractivity contribution in [1.82, 2.24) is 5.32 Å². The Bertz CT molecular complexity index is 394. The van der Waals surface area contributed by atoms with Gasteiger partial charge < -0.3 is 15.8 Å². The maximum atomic E-state index is 11.4. The molecule has 0 saturated carbocycles. The van der Waals surface area contributed by atoms with Gasteiger partial charge in [0, 0.05) is 13.0 Å². The van der Waals surface area contributed by atoms with E-state index in [-0.39, 0.29) is 18.3 Å². The third-order valence-corrected chi connectivity index (χ3v) is 2.85. The zero-order chi connectivity index (χ0) is 14.8. The number of hydrogen-bond acceptors (Lipinski definition) is 3. The molecule has 120 valence electrons. The van der Waals surface area contributed by atoms with Crippen LogP contribution in [0.3, 0.4) is 0 Å². The monoisotopic (exact) mass is 314 g/mol. The molecule has 0 saturated heterocycles. The summed E-state index contributed by atoms with van der Waals surface area (Å²) in [5.74, 6) is 1.50. The molecule has 1 aromatic rings. The van der Waals surface area contributed by atoms with Crippen LogP contribution in [-0.4, -0.2) is 25.6 Å². The molecule has 0 aliphatic heterocycles. The van der Waals surface area contributed by atoms with Gasteiger partial charge in [0.05, 0.1) is 6.61 Å². The Labute approximate surface area is 133 Å². The van der Waals surface area contributed by atoms with Gasteiger partial charge in [-0.1, -0.05) is 26.0 Å². The first-order chi connectivity index (χ1) is 9.61. The minimum absolute atomic E-state index is 0. The van der Waals surface area contributed by atoms with Crippen LogP contribution in [0.15, 0.2) is 24.3 Å². The molecule has 0 bridgehead atoms. The van der Waals surface area contributed by atoms with E-state index in [0.717, 1.165) is 25.2 Å². The number of benzene rings is 1. The van der Waals surface area contributed by atoms with E-state index in [9.17, 15) is 4.79 Å². The number of nitrogens with one attached hydrogen (secondary N) is 1. The lowest BCUT2D eigenvalue weighted by Gasteiger charge is -2.09. The number of hydrogen-bond donors (Lipinski definition) is 2. The van der Waals surface area contributed by atoms with E-state index in [1.54, 1.807) is 0 Å². The highest BCUT2D eigenvalue weighted by molar-refractivity contribution is 5.85. The summed E-state index contributed by atoms with van der Waals surface area (Å²) in [6.45, 7) is 6.21. The molecule has 0 aliphatic rings. The van der Waals surface area contributed by atoms with Crippen molar-refractivity contribution in [2.24, 2.45) is 11.7 Å². The van der Waals surface area contributed by atoms with Crippen molar-refractivity contribution in [1.29, 1.82) is 0 Å². The summed E-state index contributed by atoms with van der Waals surface area (Å²) in [6, 6.07) is 8.05. The lowest BCUT2D eigenvalue weighted by atomic mass is 10.1. The molecule has 1 rings (SSSR count). The number of rotatable bonds is 9. The maximum absolute atomic E-state index is 11.4. The Morgan fingerprint density at radius 1 is 1.29 bits per heavy atom. The third kappa shape index (κ3) is 9.32. The van der Waals surface area contributed by atoms with Crippen molar-refractivity contribution >= 4 is 18.3 Å². The van der Waals surface area contributed by atoms with E-state index in [4.69, 9.17) is 10.5 Å². The molecule has 0 heterocycles. The summed E-state index contributed by atoms with van der Waals surface area (Å²) in [5.41, 5.74) is 6.56. The molecule has 1 amide bonds. The fourth-order valence-corrected chi connectivity index (χ4v) is 1.71. The Morgan fingerprint density at radius 3 is 2.52 bits per heavy atom. The standard InChI is InChI=1S/C16H26N2O2.ClH/c1-13(2)12-20-15-7-5-14(6-8-15)9-11-18-16(19)4-3-10-17;/h5-8,13H,3-4,9-12,17H2,1-2H3,(H,18,19);1H. The Kier molecular flexibility index (Phi) is 10.7. The molecular formula is C16H27ClN2O2. The second-order valence-electron chi connectivity index (χ2n) is 5.34. The Morgan fingerprint density at radius 2 is 1.95 bits per heavy atom. The molecule has 3 N–H and O–H groups in total. The van der Waals surface area contributed by atoms with Crippen LogP contribution in [0.1, 0.15) is 32.3 Å². The minimum atomic E-state index is 0. The first kappa shape index (κ1) is 19.7. The Hall–Kier alpha value is -1.26. The SMILES string of the molecule is CC(C)COc1ccc(CCNC(=O)CCCN)cc1.Cl. The summed E-state index contributed by atoms with van der Waals surface area (Å²) in [4.78, 5) is 11.4. The largest absolute Gasteiger partial charge is 0.493 e. The molecule has 4 nitrogen and oxygen atoms in total. The van der Waals surface area contributed by atoms with Crippen LogP contribution in [0.2, 0.25) is 0 Å². The van der Waals surface area contributed by atoms with Gasteiger partial charge in [0.2, 0.25) is 5.91 Å². The van der Waals surface area contributed by atoms with Gasteiger partial charge in [-0.05, 0) is 43.0 Å². The Balaban J connectivity index is 0.00000400. The van der Waals surface area contributed by atoms with E-state index in [1.807, 2.05) is 24.3 Å². The quantitative estimate of drug-likeness (QED) is 0.736. The predicted octanol–water partition coefficient (Wildman–Crippen LogP) is 2.54. The number of nitrogens with two attached hydrogens (primary N) is 1. The molecule has 0 aromatic heterocycles. The van der Waals surface area contributed by atoms with Gasteiger partial charge in [0.25, 0.3) is 0 Å². The van der Waals surface area contributed by atoms with Gasteiger partial charge in [-0.25, -0.2) is 0 Å². The average molecular weight is 315 g/mol. The van der Waals surface area contributed by atoms with E-state index in [2.05, 4.69) is 19.2 Å². The van der Waals surface area contributed by atoms with Crippen LogP contribution >= 0.6 is 12.4 Å². The first-order valence-corrected chi connectivity index (χ1v) is 7.30. The molecule has 1 aromatic carbocycles. The van der Waals surface area contributed by atoms with Crippen molar-refractivity contribution in [2.75, 3.05) is 19.7 Å². The number of halogens is 1. The van der Waals surface area contributed by atoms with Crippen LogP contribution in [-0.2, 0) is 11.2 Å². The van der Waals surface area contributed by atoms with Crippen LogP contribution < -0.4 is 15.8 Å². The number of ether oxygens (including phenoxy) is 1. The van der Waals surface area contributed by atoms with E-state index in [0.29, 0.717) is 25.4 Å². The van der Waals surface area contributed by atoms with Crippen molar-refractivity contribution in [3.63, 3.8) is 0 Å². The number of carbonyl (C=O) groups excluding carboxylic acids is 1. The molecule has 0 unspecified atom stereocenters. The zero-order valence-electron chi connectivity index (χ0n) is 12.9. The summed E-state index contributed by atoms with van der Waals surface area (Å²) in [5, 5.41) is 2.89. The van der Waals surface area contributed by atoms with Gasteiger partial charge in [-0.3, -0.25) is 4.79 Å². The molecule has 0 spiro atoms. The maximum Gasteiger partial charge on any atom is 0.220 e. The summed E-state index contributed by atoms with van der Waals surface area (Å²) < 4.78 is 5.63. The topological polar surface area (TPSA) is 64.3 Å². The number of amides is 1. The average Bonchev–Trinajstić information content (AvgIpc) is 2.44. The van der Waals surface area contributed by atoms with E-state index < -0.39 is 0 Å². The summed E-state index contributed by atoms with van der Waals surface area (Å²) >= 11 is 0. The highest BCUT2D eigenvalue weighted by atomic mass is 35.5. The number of carbonyl (C=O) groups is 1. The van der Waals surface area contributed by atoms with Crippen molar-refractivity contribution in [3.8, 4) is 5.75 Å². The van der Waals surface area contributed by atoms with Crippen LogP contribution in [0, 0.1) is 5.92 Å². The van der Waals surface area contributed by atoms with E-state index >= 15 is 0 Å². The zero-order valence-corrected chi connectivity index (χ0v) is 13.7. The fraction of sp³-hybridized carbons (Fsp3) is 0.562. The minimum Gasteiger partial charge on any atom is -0.493 e. The molecule has 21 heavy (non-hydrogen) atoms. The van der Waals surface area contributed by atoms with Gasteiger partial charge in [-0.2, -0.15) is 0 Å². The van der Waals surface area contributed by atoms with Gasteiger partial charge in [0.1, 0.15) is 5.75 Å². The molecule has 0 radical (unpaired) electrons. The summed E-state index contributed by atoms with van der Waals surface area (Å²) in [7, 11) is 0. The second-order valence-corrected chi connectivity index (χ2v) is 5.34. The molecule has 0 atom stereocenters. The first-order valence-electron chi connectivity index (χ1n) is 7.30. The predicted molar refractivity (Wildman–Crippen MR) is 89.0 cm³/mol. The van der Waals surface area contributed by atoms with Crippen molar-refractivity contribution in [2.45, 2.75) is 33.1 Å². The molecule has 0 aliphatic carbocycles. The fourth-order valence-electron chi connectivity index (χ4n) is 1.71. The van der Waals surface area contributed by atoms with Crippen LogP contribution in [0.4, 0.5) is 0 Å². The van der Waals surface area contributed by atoms with E-state index in [1.165, 1.54) is 5.56 Å².